The van der Waals surface area contributed by atoms with Crippen LogP contribution in [0.25, 0.3) is 75.0 Å². The number of hydrazine groups is 1. The Hall–Kier alpha value is -6.56. The van der Waals surface area contributed by atoms with Gasteiger partial charge in [0.2, 0.25) is 0 Å². The maximum absolute atomic E-state index is 9.33. The molecule has 3 heterocycles. The second-order valence-electron chi connectivity index (χ2n) is 12.9. The third kappa shape index (κ3) is 4.13. The lowest BCUT2D eigenvalue weighted by Gasteiger charge is -2.43. The zero-order valence-corrected chi connectivity index (χ0v) is 28.1. The molecule has 0 aliphatic carbocycles. The van der Waals surface area contributed by atoms with Crippen molar-refractivity contribution in [3.8, 4) is 22.4 Å². The minimum atomic E-state index is 0.410. The summed E-state index contributed by atoms with van der Waals surface area (Å²) >= 11 is 1.80. The summed E-state index contributed by atoms with van der Waals surface area (Å²) < 4.78 is 11.7. The topological polar surface area (TPSA) is 32.3 Å². The Kier molecular flexibility index (Phi) is 5.87. The molecule has 0 N–H and O–H groups in total. The Bertz CT molecular complexity index is 3060. The van der Waals surface area contributed by atoms with Gasteiger partial charge in [-0.05, 0) is 51.9 Å². The fourth-order valence-electron chi connectivity index (χ4n) is 7.92. The van der Waals surface area contributed by atoms with Crippen molar-refractivity contribution >= 4 is 87.0 Å². The van der Waals surface area contributed by atoms with Crippen LogP contribution in [-0.2, 0) is 0 Å². The largest absolute Gasteiger partial charge is 0.251 e. The lowest BCUT2D eigenvalue weighted by Crippen LogP contribution is -2.40. The molecule has 4 nitrogen and oxygen atoms in total. The normalized spacial score (nSPS) is 12.9. The van der Waals surface area contributed by atoms with Crippen LogP contribution in [-0.4, -0.2) is 9.97 Å². The quantitative estimate of drug-likeness (QED) is 0.187. The number of benzene rings is 8. The minimum Gasteiger partial charge on any atom is -0.246 e. The van der Waals surface area contributed by atoms with E-state index in [1.165, 1.54) is 26.2 Å². The van der Waals surface area contributed by atoms with Gasteiger partial charge in [-0.15, -0.1) is 11.3 Å². The van der Waals surface area contributed by atoms with Gasteiger partial charge in [-0.1, -0.05) is 140 Å². The molecule has 2 aromatic heterocycles. The van der Waals surface area contributed by atoms with E-state index in [1.54, 1.807) is 11.3 Å². The first kappa shape index (κ1) is 27.3. The molecule has 1 aliphatic heterocycles. The molecule has 0 spiro atoms. The van der Waals surface area contributed by atoms with Crippen LogP contribution in [0.5, 0.6) is 0 Å². The number of hydrogen-bond donors (Lipinski definition) is 0. The van der Waals surface area contributed by atoms with Gasteiger partial charge in [0.15, 0.2) is 0 Å². The van der Waals surface area contributed by atoms with Crippen molar-refractivity contribution in [2.75, 3.05) is 10.0 Å². The maximum Gasteiger partial charge on any atom is 0.251 e. The zero-order chi connectivity index (χ0) is 34.3. The predicted molar refractivity (Wildman–Crippen MR) is 215 cm³/mol. The first-order valence-corrected chi connectivity index (χ1v) is 17.9. The van der Waals surface area contributed by atoms with E-state index in [0.717, 1.165) is 65.8 Å². The van der Waals surface area contributed by atoms with Crippen LogP contribution in [0.1, 0.15) is 1.37 Å². The molecule has 8 aromatic carbocycles. The van der Waals surface area contributed by atoms with Gasteiger partial charge in [0.25, 0.3) is 5.95 Å². The zero-order valence-electron chi connectivity index (χ0n) is 28.3. The molecule has 0 fully saturated rings. The van der Waals surface area contributed by atoms with Crippen LogP contribution in [0.4, 0.5) is 23.0 Å². The van der Waals surface area contributed by atoms with Crippen LogP contribution < -0.4 is 10.0 Å². The van der Waals surface area contributed by atoms with Crippen LogP contribution in [0.3, 0.4) is 0 Å². The lowest BCUT2D eigenvalue weighted by atomic mass is 9.87. The maximum atomic E-state index is 9.33. The molecule has 10 aromatic rings. The summed E-state index contributed by atoms with van der Waals surface area (Å²) in [5, 5.41) is 12.5. The standard InChI is InChI=1S/C46H28N4S/c1-3-16-30(17-4-1)43-35-23-11-13-25-37(35)47-46(48-43)50-44-42(34-22-10-9-21-33(34)40-36-24-12-14-26-39(36)51-45(40)44)41-32-20-8-7-15-29(32)27-28-38(41)49(50)31-18-5-2-6-19-31/h1-28H/i18D. The summed E-state index contributed by atoms with van der Waals surface area (Å²) in [6.07, 6.45) is 0. The van der Waals surface area contributed by atoms with E-state index in [2.05, 4.69) is 131 Å². The molecule has 238 valence electrons. The molecule has 51 heavy (non-hydrogen) atoms. The number of fused-ring (bicyclic) bond motifs is 13. The van der Waals surface area contributed by atoms with E-state index < -0.39 is 0 Å². The van der Waals surface area contributed by atoms with E-state index in [1.807, 2.05) is 42.5 Å². The Labute approximate surface area is 299 Å². The highest BCUT2D eigenvalue weighted by Crippen LogP contribution is 2.58. The van der Waals surface area contributed by atoms with E-state index in [4.69, 9.17) is 9.97 Å². The number of hydrogen-bond acceptors (Lipinski definition) is 5. The van der Waals surface area contributed by atoms with Gasteiger partial charge in [0, 0.05) is 37.5 Å². The van der Waals surface area contributed by atoms with Crippen LogP contribution in [0.2, 0.25) is 0 Å². The number of aromatic nitrogens is 2. The molecule has 5 heteroatoms. The van der Waals surface area contributed by atoms with Crippen molar-refractivity contribution in [2.45, 2.75) is 0 Å². The third-order valence-electron chi connectivity index (χ3n) is 10.1. The van der Waals surface area contributed by atoms with Crippen molar-refractivity contribution in [1.29, 1.82) is 0 Å². The highest BCUT2D eigenvalue weighted by Gasteiger charge is 2.38. The van der Waals surface area contributed by atoms with Gasteiger partial charge in [-0.2, -0.15) is 0 Å². The molecule has 1 aliphatic rings. The van der Waals surface area contributed by atoms with Crippen LogP contribution >= 0.6 is 11.3 Å². The molecule has 0 unspecified atom stereocenters. The van der Waals surface area contributed by atoms with Crippen molar-refractivity contribution in [2.24, 2.45) is 0 Å². The number of anilines is 4. The number of para-hydroxylation sites is 2. The Balaban J connectivity index is 1.38. The fraction of sp³-hybridized carbons (Fsp3) is 0. The van der Waals surface area contributed by atoms with Crippen molar-refractivity contribution in [1.82, 2.24) is 9.97 Å². The molecule has 0 saturated heterocycles. The SMILES string of the molecule is [2H]c1ccccc1N1c2ccc3ccccc3c2-c2c(c3sc4ccccc4c3c3ccccc23)N1c1nc(-c2ccccc2)c2ccccc2n1. The molecular weight excluding hydrogens is 641 g/mol. The number of rotatable bonds is 3. The average molecular weight is 670 g/mol. The van der Waals surface area contributed by atoms with Gasteiger partial charge < -0.3 is 0 Å². The highest BCUT2D eigenvalue weighted by atomic mass is 32.1. The van der Waals surface area contributed by atoms with Gasteiger partial charge in [0.1, 0.15) is 0 Å². The van der Waals surface area contributed by atoms with Crippen LogP contribution in [0, 0.1) is 0 Å². The summed E-state index contributed by atoms with van der Waals surface area (Å²) in [5.41, 5.74) is 7.72. The average Bonchev–Trinajstić information content (AvgIpc) is 3.60. The molecular formula is C46H28N4S. The molecule has 0 saturated carbocycles. The van der Waals surface area contributed by atoms with Crippen molar-refractivity contribution in [3.63, 3.8) is 0 Å². The molecule has 11 rings (SSSR count). The smallest absolute Gasteiger partial charge is 0.246 e. The van der Waals surface area contributed by atoms with E-state index in [0.29, 0.717) is 12.0 Å². The van der Waals surface area contributed by atoms with Gasteiger partial charge in [-0.25, -0.2) is 20.0 Å². The van der Waals surface area contributed by atoms with E-state index >= 15 is 0 Å². The fourth-order valence-corrected chi connectivity index (χ4v) is 9.17. The summed E-state index contributed by atoms with van der Waals surface area (Å²) in [6, 6.07) is 57.4. The molecule has 0 bridgehead atoms. The first-order chi connectivity index (χ1) is 25.7. The molecule has 0 radical (unpaired) electrons. The Morgan fingerprint density at radius 3 is 2.06 bits per heavy atom. The minimum absolute atomic E-state index is 0.410. The number of thiophene rings is 1. The molecule has 0 atom stereocenters. The third-order valence-corrected chi connectivity index (χ3v) is 11.2. The predicted octanol–water partition coefficient (Wildman–Crippen LogP) is 12.8. The first-order valence-electron chi connectivity index (χ1n) is 17.6. The second-order valence-corrected chi connectivity index (χ2v) is 13.9. The highest BCUT2D eigenvalue weighted by molar-refractivity contribution is 7.26. The summed E-state index contributed by atoms with van der Waals surface area (Å²) in [6.45, 7) is 0. The Morgan fingerprint density at radius 2 is 1.20 bits per heavy atom. The second kappa shape index (κ2) is 11.0. The summed E-state index contributed by atoms with van der Waals surface area (Å²) in [5.74, 6) is 0.537. The van der Waals surface area contributed by atoms with E-state index in [9.17, 15) is 1.37 Å². The van der Waals surface area contributed by atoms with Gasteiger partial charge >= 0.3 is 0 Å². The van der Waals surface area contributed by atoms with E-state index in [-0.39, 0.29) is 0 Å². The monoisotopic (exact) mass is 669 g/mol. The lowest BCUT2D eigenvalue weighted by molar-refractivity contribution is 0.933. The van der Waals surface area contributed by atoms with Gasteiger partial charge in [0.05, 0.1) is 34.3 Å². The van der Waals surface area contributed by atoms with Crippen molar-refractivity contribution < 1.29 is 1.37 Å². The van der Waals surface area contributed by atoms with Crippen molar-refractivity contribution in [3.05, 3.63) is 170 Å². The summed E-state index contributed by atoms with van der Waals surface area (Å²) in [4.78, 5) is 10.9. The Morgan fingerprint density at radius 1 is 0.510 bits per heavy atom. The summed E-state index contributed by atoms with van der Waals surface area (Å²) in [7, 11) is 0. The number of nitrogens with zero attached hydrogens (tertiary/aromatic N) is 4. The molecule has 0 amide bonds. The van der Waals surface area contributed by atoms with Crippen LogP contribution in [0.15, 0.2) is 170 Å². The van der Waals surface area contributed by atoms with Gasteiger partial charge in [-0.3, -0.25) is 0 Å².